The predicted molar refractivity (Wildman–Crippen MR) is 174 cm³/mol. The third-order valence-corrected chi connectivity index (χ3v) is 9.92. The first kappa shape index (κ1) is 34.1. The molecule has 242 valence electrons. The van der Waals surface area contributed by atoms with Gasteiger partial charge in [0.2, 0.25) is 21.8 Å². The highest BCUT2D eigenvalue weighted by atomic mass is 32.2. The molecule has 9 nitrogen and oxygen atoms in total. The molecule has 0 spiro atoms. The first-order valence-corrected chi connectivity index (χ1v) is 17.2. The van der Waals surface area contributed by atoms with E-state index in [4.69, 9.17) is 9.47 Å². The first-order chi connectivity index (χ1) is 21.8. The lowest BCUT2D eigenvalue weighted by Gasteiger charge is -2.32. The molecule has 45 heavy (non-hydrogen) atoms. The highest BCUT2D eigenvalue weighted by Crippen LogP contribution is 2.22. The number of methoxy groups -OCH3 is 1. The van der Waals surface area contributed by atoms with Crippen molar-refractivity contribution in [1.29, 1.82) is 0 Å². The number of benzene rings is 3. The summed E-state index contributed by atoms with van der Waals surface area (Å²) in [6.07, 6.45) is 3.37. The molecule has 1 N–H and O–H groups in total. The minimum atomic E-state index is -3.51. The summed E-state index contributed by atoms with van der Waals surface area (Å²) in [4.78, 5) is 29.6. The second-order valence-electron chi connectivity index (χ2n) is 11.2. The fraction of sp³-hybridized carbons (Fsp3) is 0.429. The smallest absolute Gasteiger partial charge is 0.243 e. The van der Waals surface area contributed by atoms with E-state index in [9.17, 15) is 18.0 Å². The van der Waals surface area contributed by atoms with Crippen molar-refractivity contribution < 1.29 is 27.5 Å². The van der Waals surface area contributed by atoms with E-state index in [0.717, 1.165) is 29.5 Å². The maximum Gasteiger partial charge on any atom is 0.243 e. The Balaban J connectivity index is 1.53. The molecule has 0 saturated carbocycles. The summed E-state index contributed by atoms with van der Waals surface area (Å²) in [6, 6.07) is 23.2. The number of hydrogen-bond donors (Lipinski definition) is 1. The third kappa shape index (κ3) is 9.88. The van der Waals surface area contributed by atoms with Gasteiger partial charge in [0.25, 0.3) is 0 Å². The van der Waals surface area contributed by atoms with Crippen LogP contribution in [-0.4, -0.2) is 75.4 Å². The van der Waals surface area contributed by atoms with Crippen LogP contribution < -0.4 is 10.1 Å². The van der Waals surface area contributed by atoms with Gasteiger partial charge in [0.1, 0.15) is 11.8 Å². The number of ether oxygens (including phenoxy) is 2. The van der Waals surface area contributed by atoms with Gasteiger partial charge in [-0.05, 0) is 73.6 Å². The van der Waals surface area contributed by atoms with E-state index in [1.165, 1.54) is 4.31 Å². The molecule has 1 saturated heterocycles. The summed E-state index contributed by atoms with van der Waals surface area (Å²) in [5.74, 6) is 0.332. The summed E-state index contributed by atoms with van der Waals surface area (Å²) >= 11 is 0. The minimum absolute atomic E-state index is 0.162. The average Bonchev–Trinajstić information content (AvgIpc) is 3.62. The van der Waals surface area contributed by atoms with Crippen molar-refractivity contribution in [2.24, 2.45) is 0 Å². The molecule has 0 unspecified atom stereocenters. The van der Waals surface area contributed by atoms with Crippen molar-refractivity contribution in [2.45, 2.75) is 62.9 Å². The second kappa shape index (κ2) is 17.1. The van der Waals surface area contributed by atoms with Crippen LogP contribution in [0, 0.1) is 0 Å². The molecular weight excluding hydrogens is 590 g/mol. The number of carbonyl (C=O) groups excluding carboxylic acids is 2. The van der Waals surface area contributed by atoms with E-state index in [1.54, 1.807) is 36.3 Å². The van der Waals surface area contributed by atoms with Gasteiger partial charge in [-0.3, -0.25) is 9.59 Å². The maximum absolute atomic E-state index is 14.0. The normalized spacial score (nSPS) is 14.2. The number of amides is 2. The van der Waals surface area contributed by atoms with Gasteiger partial charge in [-0.2, -0.15) is 4.31 Å². The predicted octanol–water partition coefficient (Wildman–Crippen LogP) is 4.60. The van der Waals surface area contributed by atoms with E-state index < -0.39 is 16.1 Å². The molecule has 1 heterocycles. The largest absolute Gasteiger partial charge is 0.497 e. The molecule has 10 heteroatoms. The van der Waals surface area contributed by atoms with E-state index in [1.807, 2.05) is 61.5 Å². The lowest BCUT2D eigenvalue weighted by molar-refractivity contribution is -0.141. The number of sulfonamides is 1. The topological polar surface area (TPSA) is 105 Å². The standard InChI is InChI=1S/C35H45N3O6S/c1-3-44-25-9-22-36-35(40)33(26-29-10-5-4-6-11-29)38(27-30-12-17-31(43-2)18-13-30)34(39)21-16-28-14-19-32(20-15-28)45(41,42)37-23-7-8-24-37/h4-6,10-15,17-20,33H,3,7-9,16,21-27H2,1-2H3,(H,36,40)/t33-/m1/s1. The van der Waals surface area contributed by atoms with Gasteiger partial charge in [0.15, 0.2) is 0 Å². The van der Waals surface area contributed by atoms with Crippen molar-refractivity contribution in [3.8, 4) is 5.75 Å². The number of aryl methyl sites for hydroxylation is 1. The molecule has 3 aromatic rings. The molecule has 0 bridgehead atoms. The van der Waals surface area contributed by atoms with Gasteiger partial charge >= 0.3 is 0 Å². The molecule has 1 atom stereocenters. The van der Waals surface area contributed by atoms with Gasteiger partial charge in [-0.15, -0.1) is 0 Å². The Bertz CT molecular complexity index is 1460. The number of rotatable bonds is 17. The van der Waals surface area contributed by atoms with Crippen LogP contribution in [0.15, 0.2) is 83.8 Å². The van der Waals surface area contributed by atoms with E-state index in [0.29, 0.717) is 57.9 Å². The van der Waals surface area contributed by atoms with Gasteiger partial charge in [-0.25, -0.2) is 8.42 Å². The molecule has 2 amide bonds. The molecule has 0 aromatic heterocycles. The number of nitrogens with zero attached hydrogens (tertiary/aromatic N) is 2. The highest BCUT2D eigenvalue weighted by molar-refractivity contribution is 7.89. The van der Waals surface area contributed by atoms with Crippen LogP contribution >= 0.6 is 0 Å². The monoisotopic (exact) mass is 635 g/mol. The Morgan fingerprint density at radius 2 is 1.58 bits per heavy atom. The lowest BCUT2D eigenvalue weighted by atomic mass is 10.0. The van der Waals surface area contributed by atoms with Crippen LogP contribution in [0.4, 0.5) is 0 Å². The van der Waals surface area contributed by atoms with Crippen molar-refractivity contribution in [1.82, 2.24) is 14.5 Å². The van der Waals surface area contributed by atoms with Crippen LogP contribution in [0.2, 0.25) is 0 Å². The third-order valence-electron chi connectivity index (χ3n) is 8.01. The number of carbonyl (C=O) groups is 2. The van der Waals surface area contributed by atoms with Gasteiger partial charge < -0.3 is 19.7 Å². The minimum Gasteiger partial charge on any atom is -0.497 e. The molecule has 4 rings (SSSR count). The van der Waals surface area contributed by atoms with E-state index >= 15 is 0 Å². The Labute approximate surface area is 267 Å². The van der Waals surface area contributed by atoms with Crippen molar-refractivity contribution >= 4 is 21.8 Å². The van der Waals surface area contributed by atoms with Crippen LogP contribution in [0.1, 0.15) is 49.3 Å². The summed E-state index contributed by atoms with van der Waals surface area (Å²) in [6.45, 7) is 4.89. The summed E-state index contributed by atoms with van der Waals surface area (Å²) < 4.78 is 38.1. The zero-order chi connectivity index (χ0) is 32.1. The molecular formula is C35H45N3O6S. The quantitative estimate of drug-likeness (QED) is 0.218. The Kier molecular flexibility index (Phi) is 13.0. The number of hydrogen-bond acceptors (Lipinski definition) is 6. The van der Waals surface area contributed by atoms with Crippen LogP contribution in [0.25, 0.3) is 0 Å². The first-order valence-electron chi connectivity index (χ1n) is 15.7. The molecule has 0 aliphatic carbocycles. The SMILES string of the molecule is CCOCCCNC(=O)[C@@H](Cc1ccccc1)N(Cc1ccc(OC)cc1)C(=O)CCc1ccc(S(=O)(=O)N2CCCC2)cc1. The van der Waals surface area contributed by atoms with E-state index in [-0.39, 0.29) is 29.7 Å². The lowest BCUT2D eigenvalue weighted by Crippen LogP contribution is -2.50. The summed E-state index contributed by atoms with van der Waals surface area (Å²) in [5, 5.41) is 3.02. The Hall–Kier alpha value is -3.73. The second-order valence-corrected chi connectivity index (χ2v) is 13.1. The zero-order valence-corrected chi connectivity index (χ0v) is 27.1. The number of nitrogens with one attached hydrogen (secondary N) is 1. The van der Waals surface area contributed by atoms with Crippen LogP contribution in [0.5, 0.6) is 5.75 Å². The molecule has 1 aliphatic rings. The van der Waals surface area contributed by atoms with Gasteiger partial charge in [0.05, 0.1) is 12.0 Å². The van der Waals surface area contributed by atoms with Crippen molar-refractivity contribution in [3.05, 3.63) is 95.6 Å². The summed E-state index contributed by atoms with van der Waals surface area (Å²) in [7, 11) is -1.90. The van der Waals surface area contributed by atoms with Crippen molar-refractivity contribution in [2.75, 3.05) is 40.0 Å². The van der Waals surface area contributed by atoms with E-state index in [2.05, 4.69) is 5.32 Å². The Morgan fingerprint density at radius 1 is 0.911 bits per heavy atom. The fourth-order valence-electron chi connectivity index (χ4n) is 5.43. The van der Waals surface area contributed by atoms with Crippen LogP contribution in [-0.2, 0) is 43.7 Å². The maximum atomic E-state index is 14.0. The summed E-state index contributed by atoms with van der Waals surface area (Å²) in [5.41, 5.74) is 2.69. The molecule has 1 fully saturated rings. The van der Waals surface area contributed by atoms with Gasteiger partial charge in [0, 0.05) is 52.2 Å². The Morgan fingerprint density at radius 3 is 2.22 bits per heavy atom. The molecule has 3 aromatic carbocycles. The van der Waals surface area contributed by atoms with Crippen LogP contribution in [0.3, 0.4) is 0 Å². The average molecular weight is 636 g/mol. The zero-order valence-electron chi connectivity index (χ0n) is 26.3. The highest BCUT2D eigenvalue weighted by Gasteiger charge is 2.30. The molecule has 1 aliphatic heterocycles. The fourth-order valence-corrected chi connectivity index (χ4v) is 6.95. The van der Waals surface area contributed by atoms with Gasteiger partial charge in [-0.1, -0.05) is 54.6 Å². The van der Waals surface area contributed by atoms with Crippen molar-refractivity contribution in [3.63, 3.8) is 0 Å². The molecule has 0 radical (unpaired) electrons.